The number of hydrogen-bond donors (Lipinski definition) is 2. The summed E-state index contributed by atoms with van der Waals surface area (Å²) in [6.45, 7) is 0.137. The molecule has 2 aromatic rings. The van der Waals surface area contributed by atoms with Crippen LogP contribution in [0.4, 0.5) is 8.78 Å². The Bertz CT molecular complexity index is 869. The number of hydrogen-bond acceptors (Lipinski definition) is 3. The summed E-state index contributed by atoms with van der Waals surface area (Å²) in [7, 11) is 1.38. The van der Waals surface area contributed by atoms with Gasteiger partial charge in [-0.3, -0.25) is 4.79 Å². The minimum Gasteiger partial charge on any atom is -0.496 e. The number of amides is 1. The van der Waals surface area contributed by atoms with Gasteiger partial charge in [-0.1, -0.05) is 18.2 Å². The number of halogens is 2. The Balaban J connectivity index is 1.63. The average molecular weight is 361 g/mol. The Morgan fingerprint density at radius 3 is 2.73 bits per heavy atom. The Labute approximate surface area is 148 Å². The Kier molecular flexibility index (Phi) is 4.88. The van der Waals surface area contributed by atoms with Gasteiger partial charge in [0.2, 0.25) is 5.91 Å². The lowest BCUT2D eigenvalue weighted by Crippen LogP contribution is -2.25. The lowest BCUT2D eigenvalue weighted by molar-refractivity contribution is -0.122. The van der Waals surface area contributed by atoms with E-state index in [9.17, 15) is 23.5 Å². The van der Waals surface area contributed by atoms with Crippen molar-refractivity contribution in [2.45, 2.75) is 18.9 Å². The lowest BCUT2D eigenvalue weighted by atomic mass is 10.1. The fourth-order valence-corrected chi connectivity index (χ4v) is 2.99. The number of carboxylic acids is 1. The maximum Gasteiger partial charge on any atom is 0.339 e. The van der Waals surface area contributed by atoms with Crippen molar-refractivity contribution in [1.29, 1.82) is 0 Å². The molecule has 0 aliphatic heterocycles. The van der Waals surface area contributed by atoms with Gasteiger partial charge < -0.3 is 15.2 Å². The van der Waals surface area contributed by atoms with E-state index in [4.69, 9.17) is 4.74 Å². The second-order valence-electron chi connectivity index (χ2n) is 6.15. The molecule has 0 radical (unpaired) electrons. The van der Waals surface area contributed by atoms with Gasteiger partial charge >= 0.3 is 5.97 Å². The maximum absolute atomic E-state index is 13.8. The average Bonchev–Trinajstić information content (AvgIpc) is 3.42. The summed E-state index contributed by atoms with van der Waals surface area (Å²) in [5.41, 5.74) is 0.818. The number of carbonyl (C=O) groups excluding carboxylic acids is 1. The van der Waals surface area contributed by atoms with E-state index in [-0.39, 0.29) is 35.2 Å². The number of carbonyl (C=O) groups is 2. The number of carboxylic acid groups (broad SMARTS) is 1. The van der Waals surface area contributed by atoms with Gasteiger partial charge in [0.25, 0.3) is 0 Å². The molecule has 1 aliphatic rings. The molecule has 0 heterocycles. The van der Waals surface area contributed by atoms with E-state index in [1.165, 1.54) is 31.4 Å². The van der Waals surface area contributed by atoms with Gasteiger partial charge in [-0.25, -0.2) is 13.6 Å². The van der Waals surface area contributed by atoms with Crippen molar-refractivity contribution in [2.24, 2.45) is 5.92 Å². The molecule has 5 nitrogen and oxygen atoms in total. The van der Waals surface area contributed by atoms with Crippen LogP contribution in [-0.4, -0.2) is 24.1 Å². The monoisotopic (exact) mass is 361 g/mol. The number of aromatic carboxylic acids is 1. The summed E-state index contributed by atoms with van der Waals surface area (Å²) in [5.74, 6) is -3.75. The molecule has 0 saturated heterocycles. The Morgan fingerprint density at radius 1 is 1.27 bits per heavy atom. The highest BCUT2D eigenvalue weighted by atomic mass is 19.2. The summed E-state index contributed by atoms with van der Waals surface area (Å²) in [6.07, 6.45) is 0.454. The van der Waals surface area contributed by atoms with Crippen LogP contribution < -0.4 is 10.1 Å². The lowest BCUT2D eigenvalue weighted by Gasteiger charge is -2.09. The van der Waals surface area contributed by atoms with Gasteiger partial charge in [-0.05, 0) is 41.7 Å². The summed E-state index contributed by atoms with van der Waals surface area (Å²) in [6, 6.07) is 8.55. The van der Waals surface area contributed by atoms with Crippen molar-refractivity contribution in [3.8, 4) is 5.75 Å². The number of rotatable bonds is 6. The molecule has 3 rings (SSSR count). The first-order valence-electron chi connectivity index (χ1n) is 8.04. The predicted octanol–water partition coefficient (Wildman–Crippen LogP) is 3.09. The third-order valence-corrected chi connectivity index (χ3v) is 4.47. The molecule has 1 aliphatic carbocycles. The molecule has 1 saturated carbocycles. The van der Waals surface area contributed by atoms with Crippen LogP contribution in [0.5, 0.6) is 5.75 Å². The van der Waals surface area contributed by atoms with Crippen LogP contribution in [0.25, 0.3) is 0 Å². The van der Waals surface area contributed by atoms with E-state index in [2.05, 4.69) is 5.32 Å². The molecule has 0 bridgehead atoms. The molecular formula is C19H17F2NO4. The van der Waals surface area contributed by atoms with Crippen molar-refractivity contribution in [1.82, 2.24) is 5.32 Å². The highest BCUT2D eigenvalue weighted by molar-refractivity contribution is 5.91. The summed E-state index contributed by atoms with van der Waals surface area (Å²) < 4.78 is 32.1. The Hall–Kier alpha value is -2.96. The van der Waals surface area contributed by atoms with E-state index in [1.807, 2.05) is 0 Å². The van der Waals surface area contributed by atoms with Crippen LogP contribution in [0, 0.1) is 17.6 Å². The summed E-state index contributed by atoms with van der Waals surface area (Å²) >= 11 is 0. The van der Waals surface area contributed by atoms with Crippen LogP contribution in [0.1, 0.15) is 33.8 Å². The van der Waals surface area contributed by atoms with Gasteiger partial charge in [0.1, 0.15) is 11.3 Å². The molecule has 2 N–H and O–H groups in total. The second-order valence-corrected chi connectivity index (χ2v) is 6.15. The largest absolute Gasteiger partial charge is 0.496 e. The van der Waals surface area contributed by atoms with Gasteiger partial charge in [0.05, 0.1) is 7.11 Å². The number of methoxy groups -OCH3 is 1. The highest BCUT2D eigenvalue weighted by Crippen LogP contribution is 2.48. The third kappa shape index (κ3) is 3.51. The number of benzene rings is 2. The Morgan fingerprint density at radius 2 is 2.04 bits per heavy atom. The molecule has 1 amide bonds. The molecular weight excluding hydrogens is 344 g/mol. The van der Waals surface area contributed by atoms with Crippen molar-refractivity contribution in [2.75, 3.05) is 7.11 Å². The highest BCUT2D eigenvalue weighted by Gasteiger charge is 2.45. The van der Waals surface area contributed by atoms with Crippen molar-refractivity contribution in [3.05, 3.63) is 64.7 Å². The predicted molar refractivity (Wildman–Crippen MR) is 89.0 cm³/mol. The molecule has 136 valence electrons. The zero-order chi connectivity index (χ0) is 18.8. The topological polar surface area (TPSA) is 75.6 Å². The van der Waals surface area contributed by atoms with Gasteiger partial charge in [-0.15, -0.1) is 0 Å². The molecule has 26 heavy (non-hydrogen) atoms. The fraction of sp³-hybridized carbons (Fsp3) is 0.263. The molecule has 2 atom stereocenters. The first-order chi connectivity index (χ1) is 12.4. The van der Waals surface area contributed by atoms with E-state index >= 15 is 0 Å². The van der Waals surface area contributed by atoms with Crippen molar-refractivity contribution >= 4 is 11.9 Å². The normalized spacial score (nSPS) is 18.3. The SMILES string of the molecule is COc1ccc(CNC(=O)[C@@H]2C[C@H]2c2cccc(F)c2F)cc1C(=O)O. The molecule has 7 heteroatoms. The van der Waals surface area contributed by atoms with Crippen molar-refractivity contribution < 1.29 is 28.2 Å². The minimum absolute atomic E-state index is 0.00498. The van der Waals surface area contributed by atoms with E-state index in [0.29, 0.717) is 12.0 Å². The molecule has 1 fully saturated rings. The maximum atomic E-state index is 13.8. The molecule has 2 aromatic carbocycles. The van der Waals surface area contributed by atoms with Gasteiger partial charge in [0, 0.05) is 12.5 Å². The molecule has 0 aromatic heterocycles. The zero-order valence-electron chi connectivity index (χ0n) is 14.0. The van der Waals surface area contributed by atoms with E-state index in [1.54, 1.807) is 6.07 Å². The van der Waals surface area contributed by atoms with Crippen LogP contribution in [0.2, 0.25) is 0 Å². The quantitative estimate of drug-likeness (QED) is 0.829. The smallest absolute Gasteiger partial charge is 0.339 e. The summed E-state index contributed by atoms with van der Waals surface area (Å²) in [5, 5.41) is 11.9. The van der Waals surface area contributed by atoms with E-state index in [0.717, 1.165) is 6.07 Å². The first kappa shape index (κ1) is 17.8. The van der Waals surface area contributed by atoms with Gasteiger partial charge in [0.15, 0.2) is 11.6 Å². The van der Waals surface area contributed by atoms with Crippen molar-refractivity contribution in [3.63, 3.8) is 0 Å². The van der Waals surface area contributed by atoms with Crippen LogP contribution in [0.15, 0.2) is 36.4 Å². The summed E-state index contributed by atoms with van der Waals surface area (Å²) in [4.78, 5) is 23.4. The minimum atomic E-state index is -1.13. The second kappa shape index (κ2) is 7.11. The number of ether oxygens (including phenoxy) is 1. The third-order valence-electron chi connectivity index (χ3n) is 4.47. The van der Waals surface area contributed by atoms with Gasteiger partial charge in [-0.2, -0.15) is 0 Å². The zero-order valence-corrected chi connectivity index (χ0v) is 14.0. The fourth-order valence-electron chi connectivity index (χ4n) is 2.99. The standard InChI is InChI=1S/C19H17F2NO4/c1-26-16-6-5-10(7-14(16)19(24)25)9-22-18(23)13-8-12(13)11-3-2-4-15(20)17(11)21/h2-7,12-13H,8-9H2,1H3,(H,22,23)(H,24,25)/t12-,13+/m0/s1. The van der Waals surface area contributed by atoms with Crippen LogP contribution >= 0.6 is 0 Å². The molecule has 0 spiro atoms. The first-order valence-corrected chi connectivity index (χ1v) is 8.04. The van der Waals surface area contributed by atoms with E-state index < -0.39 is 23.5 Å². The van der Waals surface area contributed by atoms with Crippen LogP contribution in [-0.2, 0) is 11.3 Å². The number of nitrogens with one attached hydrogen (secondary N) is 1. The van der Waals surface area contributed by atoms with Crippen LogP contribution in [0.3, 0.4) is 0 Å². The molecule has 0 unspecified atom stereocenters.